The lowest BCUT2D eigenvalue weighted by molar-refractivity contribution is -0.155. The molecule has 1 saturated heterocycles. The number of anilines is 1. The Labute approximate surface area is 181 Å². The van der Waals surface area contributed by atoms with Crippen LogP contribution < -0.4 is 4.90 Å². The molecule has 0 spiro atoms. The standard InChI is InChI=1S/C24H25N3O4/c1-2-17-8-6-7-11-21(17)26-15-19(14-22(26)28)24(30)31-16-23(29)27-13-12-20(25-27)18-9-4-3-5-10-18/h3-11,19H,2,12-16H2,1H3/t19-/m1/s1. The minimum Gasteiger partial charge on any atom is -0.455 e. The minimum absolute atomic E-state index is 0.0884. The third-order valence-corrected chi connectivity index (χ3v) is 5.66. The fraction of sp³-hybridized carbons (Fsp3) is 0.333. The molecule has 0 aromatic heterocycles. The SMILES string of the molecule is CCc1ccccc1N1C[C@H](C(=O)OCC(=O)N2CCC(c3ccccc3)=N2)CC1=O. The van der Waals surface area contributed by atoms with E-state index < -0.39 is 11.9 Å². The smallest absolute Gasteiger partial charge is 0.311 e. The average molecular weight is 419 g/mol. The zero-order chi connectivity index (χ0) is 21.8. The quantitative estimate of drug-likeness (QED) is 0.675. The molecule has 2 amide bonds. The topological polar surface area (TPSA) is 79.3 Å². The molecule has 0 saturated carbocycles. The largest absolute Gasteiger partial charge is 0.455 e. The number of carbonyl (C=O) groups excluding carboxylic acids is 3. The second-order valence-electron chi connectivity index (χ2n) is 7.67. The molecule has 1 atom stereocenters. The zero-order valence-corrected chi connectivity index (χ0v) is 17.5. The molecule has 0 aliphatic carbocycles. The highest BCUT2D eigenvalue weighted by molar-refractivity contribution is 6.03. The summed E-state index contributed by atoms with van der Waals surface area (Å²) in [6.07, 6.45) is 1.54. The molecule has 2 heterocycles. The molecular formula is C24H25N3O4. The van der Waals surface area contributed by atoms with Gasteiger partial charge in [-0.25, -0.2) is 5.01 Å². The van der Waals surface area contributed by atoms with Crippen LogP contribution in [0.3, 0.4) is 0 Å². The van der Waals surface area contributed by atoms with Crippen LogP contribution in [0.1, 0.15) is 30.9 Å². The number of hydrogen-bond donors (Lipinski definition) is 0. The monoisotopic (exact) mass is 419 g/mol. The predicted molar refractivity (Wildman–Crippen MR) is 117 cm³/mol. The van der Waals surface area contributed by atoms with Crippen molar-refractivity contribution in [2.75, 3.05) is 24.6 Å². The minimum atomic E-state index is -0.577. The van der Waals surface area contributed by atoms with Gasteiger partial charge in [-0.1, -0.05) is 55.5 Å². The summed E-state index contributed by atoms with van der Waals surface area (Å²) < 4.78 is 5.25. The van der Waals surface area contributed by atoms with Crippen molar-refractivity contribution in [2.24, 2.45) is 11.0 Å². The molecule has 2 aromatic rings. The molecule has 4 rings (SSSR count). The number of hydrogen-bond acceptors (Lipinski definition) is 5. The Morgan fingerprint density at radius 3 is 2.61 bits per heavy atom. The van der Waals surface area contributed by atoms with E-state index in [4.69, 9.17) is 4.74 Å². The Bertz CT molecular complexity index is 1020. The summed E-state index contributed by atoms with van der Waals surface area (Å²) in [5.74, 6) is -1.57. The Hall–Kier alpha value is -3.48. The number of amides is 2. The molecule has 7 heteroatoms. The molecule has 2 aliphatic rings. The highest BCUT2D eigenvalue weighted by Gasteiger charge is 2.37. The van der Waals surface area contributed by atoms with Crippen LogP contribution in [0, 0.1) is 5.92 Å². The van der Waals surface area contributed by atoms with Crippen molar-refractivity contribution < 1.29 is 19.1 Å². The second-order valence-corrected chi connectivity index (χ2v) is 7.67. The Morgan fingerprint density at radius 2 is 1.84 bits per heavy atom. The summed E-state index contributed by atoms with van der Waals surface area (Å²) in [6, 6.07) is 17.4. The second kappa shape index (κ2) is 9.12. The van der Waals surface area contributed by atoms with Crippen LogP contribution in [0.15, 0.2) is 59.7 Å². The molecule has 2 aliphatic heterocycles. The third kappa shape index (κ3) is 4.50. The highest BCUT2D eigenvalue weighted by Crippen LogP contribution is 2.29. The van der Waals surface area contributed by atoms with Gasteiger partial charge in [-0.15, -0.1) is 0 Å². The van der Waals surface area contributed by atoms with Gasteiger partial charge in [0, 0.05) is 25.1 Å². The van der Waals surface area contributed by atoms with Gasteiger partial charge in [0.25, 0.3) is 5.91 Å². The van der Waals surface area contributed by atoms with E-state index in [1.54, 1.807) is 4.90 Å². The maximum Gasteiger partial charge on any atom is 0.311 e. The van der Waals surface area contributed by atoms with Crippen LogP contribution in [0.2, 0.25) is 0 Å². The summed E-state index contributed by atoms with van der Waals surface area (Å²) in [5, 5.41) is 5.71. The van der Waals surface area contributed by atoms with E-state index >= 15 is 0 Å². The molecule has 2 aromatic carbocycles. The Morgan fingerprint density at radius 1 is 1.10 bits per heavy atom. The van der Waals surface area contributed by atoms with Crippen molar-refractivity contribution in [3.05, 3.63) is 65.7 Å². The maximum absolute atomic E-state index is 12.5. The first-order chi connectivity index (χ1) is 15.1. The molecule has 0 unspecified atom stereocenters. The van der Waals surface area contributed by atoms with Gasteiger partial charge in [0.2, 0.25) is 5.91 Å². The Balaban J connectivity index is 1.33. The maximum atomic E-state index is 12.5. The highest BCUT2D eigenvalue weighted by atomic mass is 16.5. The number of benzene rings is 2. The van der Waals surface area contributed by atoms with Crippen LogP contribution >= 0.6 is 0 Å². The van der Waals surface area contributed by atoms with Crippen molar-refractivity contribution in [1.82, 2.24) is 5.01 Å². The lowest BCUT2D eigenvalue weighted by Gasteiger charge is -2.19. The number of carbonyl (C=O) groups is 3. The van der Waals surface area contributed by atoms with Crippen molar-refractivity contribution in [3.8, 4) is 0 Å². The van der Waals surface area contributed by atoms with Gasteiger partial charge in [-0.05, 0) is 23.6 Å². The summed E-state index contributed by atoms with van der Waals surface area (Å²) in [4.78, 5) is 39.1. The third-order valence-electron chi connectivity index (χ3n) is 5.66. The molecule has 1 fully saturated rings. The van der Waals surface area contributed by atoms with Gasteiger partial charge in [0.1, 0.15) is 0 Å². The molecule has 0 N–H and O–H groups in total. The van der Waals surface area contributed by atoms with Gasteiger partial charge in [-0.2, -0.15) is 5.10 Å². The first kappa shape index (κ1) is 20.8. The summed E-state index contributed by atoms with van der Waals surface area (Å²) in [7, 11) is 0. The van der Waals surface area contributed by atoms with Gasteiger partial charge >= 0.3 is 5.97 Å². The van der Waals surface area contributed by atoms with Crippen molar-refractivity contribution in [3.63, 3.8) is 0 Å². The van der Waals surface area contributed by atoms with E-state index in [0.29, 0.717) is 13.0 Å². The molecule has 7 nitrogen and oxygen atoms in total. The molecular weight excluding hydrogens is 394 g/mol. The number of rotatable bonds is 6. The van der Waals surface area contributed by atoms with Gasteiger partial charge < -0.3 is 9.64 Å². The number of esters is 1. The average Bonchev–Trinajstić information content (AvgIpc) is 3.45. The number of aryl methyl sites for hydroxylation is 1. The molecule has 160 valence electrons. The van der Waals surface area contributed by atoms with Crippen LogP contribution in [-0.4, -0.2) is 48.2 Å². The van der Waals surface area contributed by atoms with E-state index in [1.165, 1.54) is 5.01 Å². The lowest BCUT2D eigenvalue weighted by atomic mass is 10.1. The van der Waals surface area contributed by atoms with Crippen LogP contribution in [0.4, 0.5) is 5.69 Å². The van der Waals surface area contributed by atoms with Gasteiger partial charge in [0.15, 0.2) is 6.61 Å². The summed E-state index contributed by atoms with van der Waals surface area (Å²) in [6.45, 7) is 2.38. The molecule has 0 radical (unpaired) electrons. The van der Waals surface area contributed by atoms with E-state index in [2.05, 4.69) is 5.10 Å². The lowest BCUT2D eigenvalue weighted by Crippen LogP contribution is -2.31. The fourth-order valence-electron chi connectivity index (χ4n) is 3.97. The van der Waals surface area contributed by atoms with E-state index in [-0.39, 0.29) is 31.4 Å². The van der Waals surface area contributed by atoms with E-state index in [1.807, 2.05) is 61.5 Å². The normalized spacial score (nSPS) is 18.3. The molecule has 0 bridgehead atoms. The Kier molecular flexibility index (Phi) is 6.11. The van der Waals surface area contributed by atoms with Crippen molar-refractivity contribution >= 4 is 29.2 Å². The predicted octanol–water partition coefficient (Wildman–Crippen LogP) is 2.78. The first-order valence-electron chi connectivity index (χ1n) is 10.5. The van der Waals surface area contributed by atoms with Crippen molar-refractivity contribution in [2.45, 2.75) is 26.2 Å². The molecule has 31 heavy (non-hydrogen) atoms. The van der Waals surface area contributed by atoms with Gasteiger partial charge in [0.05, 0.1) is 18.2 Å². The summed E-state index contributed by atoms with van der Waals surface area (Å²) >= 11 is 0. The summed E-state index contributed by atoms with van der Waals surface area (Å²) in [5.41, 5.74) is 3.71. The van der Waals surface area contributed by atoms with E-state index in [0.717, 1.165) is 28.9 Å². The van der Waals surface area contributed by atoms with Crippen LogP contribution in [0.25, 0.3) is 0 Å². The van der Waals surface area contributed by atoms with Gasteiger partial charge in [-0.3, -0.25) is 14.4 Å². The first-order valence-corrected chi connectivity index (χ1v) is 10.5. The fourth-order valence-corrected chi connectivity index (χ4v) is 3.97. The van der Waals surface area contributed by atoms with Crippen LogP contribution in [0.5, 0.6) is 0 Å². The number of ether oxygens (including phenoxy) is 1. The zero-order valence-electron chi connectivity index (χ0n) is 17.5. The number of para-hydroxylation sites is 1. The number of hydrazone groups is 1. The van der Waals surface area contributed by atoms with E-state index in [9.17, 15) is 14.4 Å². The number of nitrogens with zero attached hydrogens (tertiary/aromatic N) is 3. The van der Waals surface area contributed by atoms with Crippen LogP contribution in [-0.2, 0) is 25.5 Å². The van der Waals surface area contributed by atoms with Crippen molar-refractivity contribution in [1.29, 1.82) is 0 Å².